The minimum absolute atomic E-state index is 0.0388. The average Bonchev–Trinajstić information content (AvgIpc) is 3.70. The predicted octanol–water partition coefficient (Wildman–Crippen LogP) is 8.94. The lowest BCUT2D eigenvalue weighted by Gasteiger charge is -2.52. The standard InChI is InChI=1S/C42H73N5OS/c43-34-18-20-35(21-19-34)46-40(48)36-28-42(33-16-10-4-1-2-5-11-17-33)24-22-30(39(44)45)27-37(42)47(36)29-31-13-12-23-41(25-26-49-38(31)41)32-14-8-6-3-7-9-15-32/h30-38H,1-29,43H2,(H3,44,45)(H,46,48)/t30?,31?,34-,35-,36?,37?,38?,41?,42?. The van der Waals surface area contributed by atoms with Crippen LogP contribution in [0.15, 0.2) is 0 Å². The topological polar surface area (TPSA) is 108 Å². The summed E-state index contributed by atoms with van der Waals surface area (Å²) in [5, 5.41) is 13.0. The van der Waals surface area contributed by atoms with Gasteiger partial charge in [0.15, 0.2) is 0 Å². The summed E-state index contributed by atoms with van der Waals surface area (Å²) in [6.45, 7) is 1.09. The maximum Gasteiger partial charge on any atom is 0.237 e. The summed E-state index contributed by atoms with van der Waals surface area (Å²) in [4.78, 5) is 17.6. The summed E-state index contributed by atoms with van der Waals surface area (Å²) >= 11 is 2.34. The van der Waals surface area contributed by atoms with Crippen LogP contribution in [0.25, 0.3) is 0 Å². The van der Waals surface area contributed by atoms with E-state index < -0.39 is 0 Å². The van der Waals surface area contributed by atoms with E-state index in [2.05, 4.69) is 22.0 Å². The highest BCUT2D eigenvalue weighted by Crippen LogP contribution is 2.62. The van der Waals surface area contributed by atoms with Crippen LogP contribution in [0.2, 0.25) is 0 Å². The maximum absolute atomic E-state index is 14.8. The van der Waals surface area contributed by atoms with E-state index in [1.807, 2.05) is 0 Å². The second-order valence-electron chi connectivity index (χ2n) is 18.6. The van der Waals surface area contributed by atoms with Crippen molar-refractivity contribution in [3.8, 4) is 0 Å². The molecule has 7 atom stereocenters. The van der Waals surface area contributed by atoms with E-state index in [1.54, 1.807) is 0 Å². The predicted molar refractivity (Wildman–Crippen MR) is 206 cm³/mol. The van der Waals surface area contributed by atoms with Crippen molar-refractivity contribution in [1.29, 1.82) is 5.41 Å². The Kier molecular flexibility index (Phi) is 12.3. The van der Waals surface area contributed by atoms with Crippen LogP contribution >= 0.6 is 11.8 Å². The summed E-state index contributed by atoms with van der Waals surface area (Å²) < 4.78 is 0. The number of nitrogens with two attached hydrogens (primary N) is 2. The lowest BCUT2D eigenvalue weighted by molar-refractivity contribution is -0.127. The molecule has 1 amide bonds. The molecule has 7 rings (SSSR count). The molecule has 7 unspecified atom stereocenters. The molecule has 6 N–H and O–H groups in total. The first-order valence-corrected chi connectivity index (χ1v) is 22.7. The van der Waals surface area contributed by atoms with Gasteiger partial charge in [-0.2, -0.15) is 11.8 Å². The van der Waals surface area contributed by atoms with Gasteiger partial charge >= 0.3 is 0 Å². The van der Waals surface area contributed by atoms with E-state index in [9.17, 15) is 4.79 Å². The molecule has 6 nitrogen and oxygen atoms in total. The molecule has 2 heterocycles. The van der Waals surface area contributed by atoms with E-state index >= 15 is 0 Å². The monoisotopic (exact) mass is 696 g/mol. The number of likely N-dealkylation sites (tertiary alicyclic amines) is 1. The Morgan fingerprint density at radius 3 is 1.98 bits per heavy atom. The first kappa shape index (κ1) is 36.6. The number of thioether (sulfide) groups is 1. The summed E-state index contributed by atoms with van der Waals surface area (Å²) in [5.41, 5.74) is 13.4. The zero-order valence-corrected chi connectivity index (χ0v) is 31.9. The fourth-order valence-corrected chi connectivity index (χ4v) is 15.4. The molecule has 49 heavy (non-hydrogen) atoms. The van der Waals surface area contributed by atoms with Crippen LogP contribution in [0.3, 0.4) is 0 Å². The molecule has 2 aliphatic heterocycles. The quantitative estimate of drug-likeness (QED) is 0.157. The van der Waals surface area contributed by atoms with Crippen LogP contribution in [-0.2, 0) is 4.79 Å². The van der Waals surface area contributed by atoms with Crippen LogP contribution < -0.4 is 16.8 Å². The zero-order valence-electron chi connectivity index (χ0n) is 31.1. The first-order valence-electron chi connectivity index (χ1n) is 21.7. The third kappa shape index (κ3) is 7.80. The van der Waals surface area contributed by atoms with Gasteiger partial charge in [0.05, 0.1) is 11.9 Å². The van der Waals surface area contributed by atoms with Crippen LogP contribution in [0, 0.1) is 39.9 Å². The van der Waals surface area contributed by atoms with Crippen molar-refractivity contribution < 1.29 is 4.79 Å². The lowest BCUT2D eigenvalue weighted by atomic mass is 9.57. The van der Waals surface area contributed by atoms with Gasteiger partial charge in [-0.3, -0.25) is 15.1 Å². The van der Waals surface area contributed by atoms with Gasteiger partial charge in [0.2, 0.25) is 5.91 Å². The van der Waals surface area contributed by atoms with E-state index in [1.165, 1.54) is 128 Å². The van der Waals surface area contributed by atoms with Crippen molar-refractivity contribution in [2.24, 2.45) is 46.0 Å². The Bertz CT molecular complexity index is 1090. The maximum atomic E-state index is 14.8. The van der Waals surface area contributed by atoms with Crippen molar-refractivity contribution >= 4 is 23.5 Å². The van der Waals surface area contributed by atoms with Crippen LogP contribution in [0.1, 0.15) is 173 Å². The number of nitrogens with one attached hydrogen (secondary N) is 2. The first-order chi connectivity index (χ1) is 23.9. The fraction of sp³-hybridized carbons (Fsp3) is 0.952. The van der Waals surface area contributed by atoms with E-state index in [4.69, 9.17) is 16.9 Å². The molecule has 7 aliphatic rings. The largest absolute Gasteiger partial charge is 0.387 e. The van der Waals surface area contributed by atoms with Gasteiger partial charge < -0.3 is 16.8 Å². The molecule has 0 bridgehead atoms. The number of rotatable bonds is 7. The minimum atomic E-state index is -0.0388. The number of amides is 1. The van der Waals surface area contributed by atoms with Crippen molar-refractivity contribution in [3.05, 3.63) is 0 Å². The summed E-state index contributed by atoms with van der Waals surface area (Å²) in [6.07, 6.45) is 34.9. The highest BCUT2D eigenvalue weighted by molar-refractivity contribution is 8.00. The Balaban J connectivity index is 1.20. The number of amidine groups is 1. The summed E-state index contributed by atoms with van der Waals surface area (Å²) in [5.74, 6) is 4.48. The highest BCUT2D eigenvalue weighted by Gasteiger charge is 2.61. The van der Waals surface area contributed by atoms with Gasteiger partial charge in [-0.1, -0.05) is 77.0 Å². The second kappa shape index (κ2) is 16.5. The normalized spacial score (nSPS) is 42.1. The molecule has 0 aromatic heterocycles. The molecule has 7 fully saturated rings. The minimum Gasteiger partial charge on any atom is -0.387 e. The number of carbonyl (C=O) groups excluding carboxylic acids is 1. The molecule has 7 heteroatoms. The van der Waals surface area contributed by atoms with Crippen molar-refractivity contribution in [2.75, 3.05) is 12.3 Å². The van der Waals surface area contributed by atoms with Crippen molar-refractivity contribution in [2.45, 2.75) is 203 Å². The third-order valence-corrected chi connectivity index (χ3v) is 17.6. The second-order valence-corrected chi connectivity index (χ2v) is 19.8. The Morgan fingerprint density at radius 2 is 1.35 bits per heavy atom. The molecule has 0 aromatic rings. The third-order valence-electron chi connectivity index (χ3n) is 16.0. The number of hydrogen-bond acceptors (Lipinski definition) is 5. The number of hydrogen-bond donors (Lipinski definition) is 4. The number of carbonyl (C=O) groups is 1. The summed E-state index contributed by atoms with van der Waals surface area (Å²) in [6, 6.07) is 0.903. The molecule has 278 valence electrons. The Labute approximate surface area is 304 Å². The van der Waals surface area contributed by atoms with Crippen LogP contribution in [-0.4, -0.2) is 58.4 Å². The van der Waals surface area contributed by atoms with Crippen molar-refractivity contribution in [3.63, 3.8) is 0 Å². The van der Waals surface area contributed by atoms with Crippen LogP contribution in [0.5, 0.6) is 0 Å². The van der Waals surface area contributed by atoms with E-state index in [0.717, 1.165) is 69.1 Å². The average molecular weight is 696 g/mol. The van der Waals surface area contributed by atoms with Gasteiger partial charge in [0.25, 0.3) is 0 Å². The molecule has 0 radical (unpaired) electrons. The van der Waals surface area contributed by atoms with Gasteiger partial charge in [-0.15, -0.1) is 0 Å². The van der Waals surface area contributed by atoms with Crippen molar-refractivity contribution in [1.82, 2.24) is 10.2 Å². The molecular weight excluding hydrogens is 623 g/mol. The van der Waals surface area contributed by atoms with Gasteiger partial charge in [-0.05, 0) is 131 Å². The molecule has 5 aliphatic carbocycles. The smallest absolute Gasteiger partial charge is 0.237 e. The van der Waals surface area contributed by atoms with Gasteiger partial charge in [0.1, 0.15) is 0 Å². The molecular formula is C42H73N5OS. The molecule has 0 aromatic carbocycles. The van der Waals surface area contributed by atoms with E-state index in [-0.39, 0.29) is 23.4 Å². The fourth-order valence-electron chi connectivity index (χ4n) is 13.4. The Morgan fingerprint density at radius 1 is 0.735 bits per heavy atom. The van der Waals surface area contributed by atoms with Gasteiger partial charge in [-0.25, -0.2) is 0 Å². The Hall–Kier alpha value is -0.790. The molecule has 2 saturated heterocycles. The van der Waals surface area contributed by atoms with E-state index in [0.29, 0.717) is 41.1 Å². The lowest BCUT2D eigenvalue weighted by Crippen LogP contribution is -2.56. The van der Waals surface area contributed by atoms with Crippen LogP contribution in [0.4, 0.5) is 0 Å². The highest BCUT2D eigenvalue weighted by atomic mass is 32.2. The number of nitrogens with zero attached hydrogens (tertiary/aromatic N) is 1. The molecule has 0 spiro atoms. The summed E-state index contributed by atoms with van der Waals surface area (Å²) in [7, 11) is 0. The van der Waals surface area contributed by atoms with Gasteiger partial charge in [0, 0.05) is 35.8 Å². The molecule has 5 saturated carbocycles. The number of fused-ring (bicyclic) bond motifs is 2. The zero-order chi connectivity index (χ0) is 33.8. The SMILES string of the molecule is N=C(N)C1CCC2(C3CCCCCCCC3)CC(C(=O)N[C@H]3CC[C@H](N)CC3)N(CC3CCCC4(C5CCCCCCC5)CCSC34)C2C1.